The zero-order valence-corrected chi connectivity index (χ0v) is 9.86. The van der Waals surface area contributed by atoms with Crippen LogP contribution in [0.15, 0.2) is 30.5 Å². The Kier molecular flexibility index (Phi) is 3.47. The number of fused-ring (bicyclic) bond motifs is 1. The van der Waals surface area contributed by atoms with Gasteiger partial charge in [-0.3, -0.25) is 0 Å². The average Bonchev–Trinajstić information content (AvgIpc) is 2.71. The first-order valence-electron chi connectivity index (χ1n) is 5.60. The lowest BCUT2D eigenvalue weighted by Crippen LogP contribution is -2.15. The molecule has 1 aromatic carbocycles. The number of ether oxygens (including phenoxy) is 1. The van der Waals surface area contributed by atoms with E-state index in [1.807, 2.05) is 18.3 Å². The second-order valence-corrected chi connectivity index (χ2v) is 4.23. The van der Waals surface area contributed by atoms with Crippen LogP contribution in [-0.4, -0.2) is 37.1 Å². The third-order valence-corrected chi connectivity index (χ3v) is 2.54. The van der Waals surface area contributed by atoms with Crippen molar-refractivity contribution < 1.29 is 4.74 Å². The van der Waals surface area contributed by atoms with Gasteiger partial charge in [-0.05, 0) is 44.1 Å². The van der Waals surface area contributed by atoms with Crippen LogP contribution in [0.4, 0.5) is 0 Å². The highest BCUT2D eigenvalue weighted by Gasteiger charge is 1.98. The van der Waals surface area contributed by atoms with Crippen LogP contribution in [0.3, 0.4) is 0 Å². The van der Waals surface area contributed by atoms with E-state index in [2.05, 4.69) is 36.1 Å². The normalized spacial score (nSPS) is 11.2. The van der Waals surface area contributed by atoms with Gasteiger partial charge in [-0.2, -0.15) is 0 Å². The zero-order valence-electron chi connectivity index (χ0n) is 9.86. The minimum atomic E-state index is 0.768. The highest BCUT2D eigenvalue weighted by molar-refractivity contribution is 5.80. The number of aromatic amines is 1. The van der Waals surface area contributed by atoms with Crippen molar-refractivity contribution in [3.05, 3.63) is 30.5 Å². The number of nitrogens with one attached hydrogen (secondary N) is 1. The summed E-state index contributed by atoms with van der Waals surface area (Å²) >= 11 is 0. The Labute approximate surface area is 96.0 Å². The maximum absolute atomic E-state index is 5.69. The summed E-state index contributed by atoms with van der Waals surface area (Å²) in [4.78, 5) is 5.34. The number of hydrogen-bond donors (Lipinski definition) is 1. The number of rotatable bonds is 5. The van der Waals surface area contributed by atoms with Gasteiger partial charge in [0, 0.05) is 24.3 Å². The largest absolute Gasteiger partial charge is 0.493 e. The summed E-state index contributed by atoms with van der Waals surface area (Å²) in [6.45, 7) is 1.83. The molecule has 86 valence electrons. The molecule has 0 amide bonds. The lowest BCUT2D eigenvalue weighted by molar-refractivity contribution is 0.282. The maximum Gasteiger partial charge on any atom is 0.121 e. The van der Waals surface area contributed by atoms with Crippen LogP contribution in [0.1, 0.15) is 6.42 Å². The number of nitrogens with zero attached hydrogens (tertiary/aromatic N) is 1. The van der Waals surface area contributed by atoms with E-state index in [0.717, 1.165) is 30.8 Å². The predicted molar refractivity (Wildman–Crippen MR) is 67.0 cm³/mol. The molecule has 16 heavy (non-hydrogen) atoms. The van der Waals surface area contributed by atoms with E-state index in [1.54, 1.807) is 0 Å². The fourth-order valence-corrected chi connectivity index (χ4v) is 1.69. The molecular weight excluding hydrogens is 200 g/mol. The van der Waals surface area contributed by atoms with Gasteiger partial charge < -0.3 is 14.6 Å². The minimum Gasteiger partial charge on any atom is -0.493 e. The van der Waals surface area contributed by atoms with Crippen molar-refractivity contribution in [2.24, 2.45) is 0 Å². The summed E-state index contributed by atoms with van der Waals surface area (Å²) in [5.74, 6) is 0.939. The van der Waals surface area contributed by atoms with Crippen molar-refractivity contribution in [1.29, 1.82) is 0 Å². The van der Waals surface area contributed by atoms with E-state index in [0.29, 0.717) is 0 Å². The fraction of sp³-hybridized carbons (Fsp3) is 0.385. The number of benzene rings is 1. The van der Waals surface area contributed by atoms with Crippen LogP contribution in [0.25, 0.3) is 10.9 Å². The smallest absolute Gasteiger partial charge is 0.121 e. The molecule has 3 nitrogen and oxygen atoms in total. The Morgan fingerprint density at radius 1 is 1.25 bits per heavy atom. The van der Waals surface area contributed by atoms with Crippen LogP contribution in [0.2, 0.25) is 0 Å². The van der Waals surface area contributed by atoms with Crippen LogP contribution in [0.5, 0.6) is 5.75 Å². The van der Waals surface area contributed by atoms with Crippen LogP contribution in [0, 0.1) is 0 Å². The molecule has 0 radical (unpaired) electrons. The topological polar surface area (TPSA) is 28.3 Å². The summed E-state index contributed by atoms with van der Waals surface area (Å²) in [6, 6.07) is 8.20. The van der Waals surface area contributed by atoms with Gasteiger partial charge in [0.25, 0.3) is 0 Å². The lowest BCUT2D eigenvalue weighted by atomic mass is 10.2. The van der Waals surface area contributed by atoms with Crippen LogP contribution >= 0.6 is 0 Å². The van der Waals surface area contributed by atoms with E-state index >= 15 is 0 Å². The first kappa shape index (κ1) is 11.0. The highest BCUT2D eigenvalue weighted by atomic mass is 16.5. The molecule has 0 aliphatic rings. The minimum absolute atomic E-state index is 0.768. The second kappa shape index (κ2) is 5.03. The average molecular weight is 218 g/mol. The molecule has 0 spiro atoms. The molecule has 1 N–H and O–H groups in total. The van der Waals surface area contributed by atoms with Gasteiger partial charge in [0.05, 0.1) is 6.61 Å². The van der Waals surface area contributed by atoms with Crippen molar-refractivity contribution in [3.63, 3.8) is 0 Å². The van der Waals surface area contributed by atoms with Crippen molar-refractivity contribution >= 4 is 10.9 Å². The molecule has 0 saturated carbocycles. The van der Waals surface area contributed by atoms with Crippen LogP contribution in [-0.2, 0) is 0 Å². The summed E-state index contributed by atoms with van der Waals surface area (Å²) in [5.41, 5.74) is 1.13. The quantitative estimate of drug-likeness (QED) is 0.781. The molecule has 0 aliphatic heterocycles. The monoisotopic (exact) mass is 218 g/mol. The number of aromatic nitrogens is 1. The van der Waals surface area contributed by atoms with E-state index in [-0.39, 0.29) is 0 Å². The molecule has 0 aliphatic carbocycles. The van der Waals surface area contributed by atoms with E-state index in [4.69, 9.17) is 4.74 Å². The first-order valence-corrected chi connectivity index (χ1v) is 5.60. The van der Waals surface area contributed by atoms with E-state index < -0.39 is 0 Å². The molecule has 1 heterocycles. The van der Waals surface area contributed by atoms with Gasteiger partial charge in [-0.1, -0.05) is 0 Å². The zero-order chi connectivity index (χ0) is 11.4. The fourth-order valence-electron chi connectivity index (χ4n) is 1.69. The molecule has 0 unspecified atom stereocenters. The molecular formula is C13H18N2O. The lowest BCUT2D eigenvalue weighted by Gasteiger charge is -2.10. The molecule has 0 saturated heterocycles. The summed E-state index contributed by atoms with van der Waals surface area (Å²) in [7, 11) is 4.15. The predicted octanol–water partition coefficient (Wildman–Crippen LogP) is 2.50. The van der Waals surface area contributed by atoms with Gasteiger partial charge >= 0.3 is 0 Å². The van der Waals surface area contributed by atoms with Crippen molar-refractivity contribution in [2.75, 3.05) is 27.2 Å². The van der Waals surface area contributed by atoms with Crippen LogP contribution < -0.4 is 4.74 Å². The SMILES string of the molecule is CN(C)CCCOc1ccc2cc[nH]c2c1. The molecule has 0 atom stereocenters. The Bertz CT molecular complexity index is 448. The third kappa shape index (κ3) is 2.76. The van der Waals surface area contributed by atoms with Gasteiger partial charge in [-0.25, -0.2) is 0 Å². The molecule has 2 rings (SSSR count). The maximum atomic E-state index is 5.69. The number of H-pyrrole nitrogens is 1. The van der Waals surface area contributed by atoms with Gasteiger partial charge in [0.1, 0.15) is 5.75 Å². The summed E-state index contributed by atoms with van der Waals surface area (Å²) in [5, 5.41) is 1.22. The Morgan fingerprint density at radius 3 is 2.94 bits per heavy atom. The Balaban J connectivity index is 1.89. The van der Waals surface area contributed by atoms with E-state index in [1.165, 1.54) is 5.39 Å². The highest BCUT2D eigenvalue weighted by Crippen LogP contribution is 2.19. The first-order chi connectivity index (χ1) is 7.75. The standard InChI is InChI=1S/C13H18N2O/c1-15(2)8-3-9-16-12-5-4-11-6-7-14-13(11)10-12/h4-7,10,14H,3,8-9H2,1-2H3. The third-order valence-electron chi connectivity index (χ3n) is 2.54. The molecule has 0 bridgehead atoms. The number of hydrogen-bond acceptors (Lipinski definition) is 2. The van der Waals surface area contributed by atoms with Crippen molar-refractivity contribution in [2.45, 2.75) is 6.42 Å². The molecule has 2 aromatic rings. The Morgan fingerprint density at radius 2 is 2.12 bits per heavy atom. The summed E-state index contributed by atoms with van der Waals surface area (Å²) < 4.78 is 5.69. The second-order valence-electron chi connectivity index (χ2n) is 4.23. The van der Waals surface area contributed by atoms with Crippen molar-refractivity contribution in [1.82, 2.24) is 9.88 Å². The molecule has 0 fully saturated rings. The molecule has 3 heteroatoms. The Hall–Kier alpha value is -1.48. The van der Waals surface area contributed by atoms with E-state index in [9.17, 15) is 0 Å². The van der Waals surface area contributed by atoms with Gasteiger partial charge in [0.15, 0.2) is 0 Å². The molecule has 1 aromatic heterocycles. The van der Waals surface area contributed by atoms with Gasteiger partial charge in [0.2, 0.25) is 0 Å². The van der Waals surface area contributed by atoms with Gasteiger partial charge in [-0.15, -0.1) is 0 Å². The van der Waals surface area contributed by atoms with Crippen molar-refractivity contribution in [3.8, 4) is 5.75 Å². The summed E-state index contributed by atoms with van der Waals surface area (Å²) in [6.07, 6.45) is 3.00.